The van der Waals surface area contributed by atoms with Crippen molar-refractivity contribution in [3.05, 3.63) is 34.5 Å². The van der Waals surface area contributed by atoms with Crippen molar-refractivity contribution < 1.29 is 14.3 Å². The van der Waals surface area contributed by atoms with Crippen LogP contribution < -0.4 is 0 Å². The number of hydrogen-bond acceptors (Lipinski definition) is 3. The van der Waals surface area contributed by atoms with Crippen molar-refractivity contribution in [3.8, 4) is 0 Å². The van der Waals surface area contributed by atoms with Crippen LogP contribution in [0.5, 0.6) is 0 Å². The number of fused-ring (bicyclic) bond motifs is 1. The highest BCUT2D eigenvalue weighted by molar-refractivity contribution is 6.35. The molecule has 0 aliphatic heterocycles. The summed E-state index contributed by atoms with van der Waals surface area (Å²) in [5.74, 6) is 0.412. The zero-order chi connectivity index (χ0) is 15.1. The van der Waals surface area contributed by atoms with Gasteiger partial charge in [0.2, 0.25) is 0 Å². The van der Waals surface area contributed by atoms with Crippen molar-refractivity contribution in [2.45, 2.75) is 25.9 Å². The number of nitrogens with zero attached hydrogens (tertiary/aromatic N) is 1. The summed E-state index contributed by atoms with van der Waals surface area (Å²) in [7, 11) is 1.68. The Kier molecular flexibility index (Phi) is 3.68. The van der Waals surface area contributed by atoms with Crippen molar-refractivity contribution in [2.24, 2.45) is 5.92 Å². The molecule has 5 heteroatoms. The van der Waals surface area contributed by atoms with E-state index < -0.39 is 6.10 Å². The van der Waals surface area contributed by atoms with Crippen molar-refractivity contribution in [2.75, 3.05) is 13.6 Å². The Hall–Kier alpha value is -1.52. The molecule has 1 heterocycles. The topological polar surface area (TPSA) is 53.7 Å². The summed E-state index contributed by atoms with van der Waals surface area (Å²) >= 11 is 6.10. The number of benzene rings is 1. The molecule has 1 saturated carbocycles. The van der Waals surface area contributed by atoms with Gasteiger partial charge in [0.25, 0.3) is 5.91 Å². The summed E-state index contributed by atoms with van der Waals surface area (Å²) in [4.78, 5) is 14.0. The first-order chi connectivity index (χ1) is 9.99. The minimum atomic E-state index is -0.452. The highest BCUT2D eigenvalue weighted by Gasteiger charge is 2.32. The van der Waals surface area contributed by atoms with E-state index in [1.54, 1.807) is 13.1 Å². The molecule has 1 aromatic carbocycles. The first kappa shape index (κ1) is 14.4. The van der Waals surface area contributed by atoms with Crippen LogP contribution in [0.1, 0.15) is 29.0 Å². The minimum absolute atomic E-state index is 0.223. The molecule has 3 rings (SSSR count). The number of carbonyl (C=O) groups is 1. The first-order valence-corrected chi connectivity index (χ1v) is 7.48. The van der Waals surface area contributed by atoms with Gasteiger partial charge in [0, 0.05) is 24.5 Å². The number of para-hydroxylation sites is 1. The molecule has 1 fully saturated rings. The number of aliphatic hydroxyl groups excluding tert-OH is 1. The number of amides is 1. The quantitative estimate of drug-likeness (QED) is 0.943. The van der Waals surface area contributed by atoms with Crippen molar-refractivity contribution in [1.29, 1.82) is 0 Å². The van der Waals surface area contributed by atoms with Crippen molar-refractivity contribution in [3.63, 3.8) is 0 Å². The molecule has 1 aliphatic rings. The maximum absolute atomic E-state index is 12.5. The fourth-order valence-electron chi connectivity index (χ4n) is 2.58. The summed E-state index contributed by atoms with van der Waals surface area (Å²) in [5.41, 5.74) is 1.32. The van der Waals surface area contributed by atoms with E-state index in [9.17, 15) is 9.90 Å². The molecule has 0 bridgehead atoms. The van der Waals surface area contributed by atoms with E-state index in [2.05, 4.69) is 0 Å². The first-order valence-electron chi connectivity index (χ1n) is 7.10. The number of rotatable bonds is 4. The molecule has 1 aromatic heterocycles. The van der Waals surface area contributed by atoms with E-state index >= 15 is 0 Å². The van der Waals surface area contributed by atoms with Gasteiger partial charge in [-0.15, -0.1) is 0 Å². The molecule has 1 amide bonds. The summed E-state index contributed by atoms with van der Waals surface area (Å²) in [6.45, 7) is 2.17. The fraction of sp³-hybridized carbons (Fsp3) is 0.438. The minimum Gasteiger partial charge on any atom is -0.449 e. The average molecular weight is 308 g/mol. The Morgan fingerprint density at radius 3 is 2.86 bits per heavy atom. The Morgan fingerprint density at radius 1 is 1.52 bits per heavy atom. The van der Waals surface area contributed by atoms with Crippen LogP contribution in [0, 0.1) is 12.8 Å². The van der Waals surface area contributed by atoms with E-state index in [1.165, 1.54) is 4.90 Å². The normalized spacial score (nSPS) is 16.2. The van der Waals surface area contributed by atoms with Crippen LogP contribution in [-0.4, -0.2) is 35.6 Å². The lowest BCUT2D eigenvalue weighted by atomic mass is 10.1. The third-order valence-corrected chi connectivity index (χ3v) is 4.38. The lowest BCUT2D eigenvalue weighted by Gasteiger charge is -2.19. The van der Waals surface area contributed by atoms with Gasteiger partial charge >= 0.3 is 0 Å². The van der Waals surface area contributed by atoms with Gasteiger partial charge in [-0.1, -0.05) is 23.7 Å². The molecule has 2 aromatic rings. The fourth-order valence-corrected chi connectivity index (χ4v) is 2.79. The van der Waals surface area contributed by atoms with Gasteiger partial charge in [-0.3, -0.25) is 4.79 Å². The number of aliphatic hydroxyl groups is 1. The molecule has 4 nitrogen and oxygen atoms in total. The number of likely N-dealkylation sites (N-methyl/N-ethyl adjacent to an activating group) is 1. The Morgan fingerprint density at radius 2 is 2.24 bits per heavy atom. The highest BCUT2D eigenvalue weighted by atomic mass is 35.5. The second-order valence-corrected chi connectivity index (χ2v) is 6.17. The molecule has 0 spiro atoms. The van der Waals surface area contributed by atoms with Gasteiger partial charge in [0.05, 0.1) is 11.1 Å². The molecule has 1 unspecified atom stereocenters. The molecule has 1 atom stereocenters. The monoisotopic (exact) mass is 307 g/mol. The number of halogens is 1. The van der Waals surface area contributed by atoms with E-state index in [0.717, 1.165) is 23.8 Å². The number of aryl methyl sites for hydroxylation is 1. The smallest absolute Gasteiger partial charge is 0.289 e. The number of hydrogen-bond donors (Lipinski definition) is 1. The van der Waals surface area contributed by atoms with Crippen LogP contribution in [0.25, 0.3) is 11.0 Å². The standard InChI is InChI=1S/C16H18ClNO3/c1-9-11-4-3-5-12(17)15(11)21-14(9)16(20)18(2)8-13(19)10-6-7-10/h3-5,10,13,19H,6-8H2,1-2H3. The molecule has 112 valence electrons. The Bertz CT molecular complexity index is 690. The highest BCUT2D eigenvalue weighted by Crippen LogP contribution is 2.34. The summed E-state index contributed by atoms with van der Waals surface area (Å²) in [5, 5.41) is 11.3. The van der Waals surface area contributed by atoms with Crippen molar-refractivity contribution >= 4 is 28.5 Å². The van der Waals surface area contributed by atoms with Crippen LogP contribution in [0.15, 0.2) is 22.6 Å². The third-order valence-electron chi connectivity index (χ3n) is 4.08. The second kappa shape index (κ2) is 5.35. The maximum Gasteiger partial charge on any atom is 0.289 e. The van der Waals surface area contributed by atoms with Crippen LogP contribution in [0.2, 0.25) is 5.02 Å². The summed E-state index contributed by atoms with van der Waals surface area (Å²) < 4.78 is 5.67. The molecule has 21 heavy (non-hydrogen) atoms. The predicted molar refractivity (Wildman–Crippen MR) is 81.7 cm³/mol. The van der Waals surface area contributed by atoms with Gasteiger partial charge in [-0.25, -0.2) is 0 Å². The van der Waals surface area contributed by atoms with Crippen LogP contribution >= 0.6 is 11.6 Å². The maximum atomic E-state index is 12.5. The molecule has 1 N–H and O–H groups in total. The lowest BCUT2D eigenvalue weighted by Crippen LogP contribution is -2.35. The zero-order valence-electron chi connectivity index (χ0n) is 12.1. The predicted octanol–water partition coefficient (Wildman–Crippen LogP) is 3.24. The molecule has 0 radical (unpaired) electrons. The van der Waals surface area contributed by atoms with Gasteiger partial charge < -0.3 is 14.4 Å². The summed E-state index contributed by atoms with van der Waals surface area (Å²) in [6, 6.07) is 5.46. The Labute approximate surface area is 128 Å². The largest absolute Gasteiger partial charge is 0.449 e. The van der Waals surface area contributed by atoms with Gasteiger partial charge in [-0.2, -0.15) is 0 Å². The van der Waals surface area contributed by atoms with Crippen LogP contribution in [0.4, 0.5) is 0 Å². The zero-order valence-corrected chi connectivity index (χ0v) is 12.9. The lowest BCUT2D eigenvalue weighted by molar-refractivity contribution is 0.0619. The second-order valence-electron chi connectivity index (χ2n) is 5.76. The van der Waals surface area contributed by atoms with E-state index in [1.807, 2.05) is 19.1 Å². The molecular formula is C16H18ClNO3. The van der Waals surface area contributed by atoms with Crippen LogP contribution in [-0.2, 0) is 0 Å². The van der Waals surface area contributed by atoms with Gasteiger partial charge in [0.1, 0.15) is 0 Å². The molecular weight excluding hydrogens is 290 g/mol. The summed E-state index contributed by atoms with van der Waals surface area (Å²) in [6.07, 6.45) is 1.64. The number of furan rings is 1. The van der Waals surface area contributed by atoms with E-state index in [-0.39, 0.29) is 5.91 Å². The Balaban J connectivity index is 1.86. The van der Waals surface area contributed by atoms with Gasteiger partial charge in [-0.05, 0) is 31.7 Å². The average Bonchev–Trinajstić information content (AvgIpc) is 3.24. The molecule has 1 aliphatic carbocycles. The van der Waals surface area contributed by atoms with E-state index in [4.69, 9.17) is 16.0 Å². The van der Waals surface area contributed by atoms with E-state index in [0.29, 0.717) is 28.8 Å². The molecule has 0 saturated heterocycles. The third kappa shape index (κ3) is 2.65. The van der Waals surface area contributed by atoms with Crippen molar-refractivity contribution in [1.82, 2.24) is 4.90 Å². The van der Waals surface area contributed by atoms with Crippen LogP contribution in [0.3, 0.4) is 0 Å². The SMILES string of the molecule is Cc1c(C(=O)N(C)CC(O)C2CC2)oc2c(Cl)cccc12. The van der Waals surface area contributed by atoms with Gasteiger partial charge in [0.15, 0.2) is 11.3 Å². The number of carbonyl (C=O) groups excluding carboxylic acids is 1.